The molecule has 0 radical (unpaired) electrons. The van der Waals surface area contributed by atoms with Crippen molar-refractivity contribution in [1.82, 2.24) is 4.98 Å². The lowest BCUT2D eigenvalue weighted by molar-refractivity contribution is 0.571. The van der Waals surface area contributed by atoms with Gasteiger partial charge in [0.25, 0.3) is 10.0 Å². The number of halogens is 1. The minimum Gasteiger partial charge on any atom is -0.359 e. The molecule has 1 heterocycles. The number of anilines is 2. The number of hydrogen-bond donors (Lipinski definition) is 3. The molecule has 0 aliphatic heterocycles. The highest BCUT2D eigenvalue weighted by atomic mass is 32.2. The number of aryl methyl sites for hydroxylation is 1. The van der Waals surface area contributed by atoms with E-state index in [1.165, 1.54) is 6.07 Å². The van der Waals surface area contributed by atoms with Crippen molar-refractivity contribution in [2.75, 3.05) is 15.7 Å². The van der Waals surface area contributed by atoms with Gasteiger partial charge in [-0.2, -0.15) is 0 Å². The molecule has 3 N–H and O–H groups in total. The predicted octanol–water partition coefficient (Wildman–Crippen LogP) is 2.79. The Bertz CT molecular complexity index is 1200. The minimum atomic E-state index is -4.18. The van der Waals surface area contributed by atoms with Crippen LogP contribution in [0.25, 0.3) is 10.9 Å². The summed E-state index contributed by atoms with van der Waals surface area (Å²) in [5.74, 6) is -1.07. The van der Waals surface area contributed by atoms with Crippen molar-refractivity contribution in [3.63, 3.8) is 0 Å². The SMILES string of the molecule is Cc1cc2cc(NS(=O)(=O)c3ccc(NS(C)(=O)=O)cc3F)ccc2[nH]1. The summed E-state index contributed by atoms with van der Waals surface area (Å²) in [6.07, 6.45) is 0.913. The zero-order valence-corrected chi connectivity index (χ0v) is 15.5. The quantitative estimate of drug-likeness (QED) is 0.615. The number of sulfonamides is 2. The first kappa shape index (κ1) is 18.2. The van der Waals surface area contributed by atoms with E-state index in [-0.39, 0.29) is 11.4 Å². The average molecular weight is 397 g/mol. The third kappa shape index (κ3) is 3.97. The zero-order chi connectivity index (χ0) is 19.1. The second kappa shape index (κ2) is 6.29. The predicted molar refractivity (Wildman–Crippen MR) is 98.7 cm³/mol. The van der Waals surface area contributed by atoms with Crippen molar-refractivity contribution in [3.8, 4) is 0 Å². The molecule has 0 saturated heterocycles. The number of rotatable bonds is 5. The molecule has 0 unspecified atom stereocenters. The van der Waals surface area contributed by atoms with E-state index in [0.29, 0.717) is 0 Å². The van der Waals surface area contributed by atoms with Crippen molar-refractivity contribution < 1.29 is 21.2 Å². The molecular weight excluding hydrogens is 381 g/mol. The lowest BCUT2D eigenvalue weighted by Gasteiger charge is -2.10. The third-order valence-electron chi connectivity index (χ3n) is 3.53. The van der Waals surface area contributed by atoms with E-state index in [2.05, 4.69) is 14.4 Å². The van der Waals surface area contributed by atoms with Gasteiger partial charge in [-0.05, 0) is 49.4 Å². The maximum atomic E-state index is 14.2. The van der Waals surface area contributed by atoms with Crippen molar-refractivity contribution in [3.05, 3.63) is 54.0 Å². The second-order valence-corrected chi connectivity index (χ2v) is 9.28. The lowest BCUT2D eigenvalue weighted by Crippen LogP contribution is -2.15. The van der Waals surface area contributed by atoms with Crippen molar-refractivity contribution in [1.29, 1.82) is 0 Å². The van der Waals surface area contributed by atoms with Crippen LogP contribution in [0.4, 0.5) is 15.8 Å². The summed E-state index contributed by atoms with van der Waals surface area (Å²) in [4.78, 5) is 2.54. The molecule has 2 aromatic carbocycles. The largest absolute Gasteiger partial charge is 0.359 e. The summed E-state index contributed by atoms with van der Waals surface area (Å²) in [5, 5.41) is 0.816. The van der Waals surface area contributed by atoms with Gasteiger partial charge in [0.15, 0.2) is 0 Å². The molecule has 0 aliphatic rings. The van der Waals surface area contributed by atoms with Gasteiger partial charge in [-0.15, -0.1) is 0 Å². The Balaban J connectivity index is 1.91. The first-order valence-electron chi connectivity index (χ1n) is 7.43. The molecule has 0 bridgehead atoms. The van der Waals surface area contributed by atoms with Crippen LogP contribution in [0.5, 0.6) is 0 Å². The molecule has 3 rings (SSSR count). The maximum Gasteiger partial charge on any atom is 0.264 e. The van der Waals surface area contributed by atoms with Crippen LogP contribution in [0.1, 0.15) is 5.69 Å². The monoisotopic (exact) mass is 397 g/mol. The molecule has 138 valence electrons. The van der Waals surface area contributed by atoms with Gasteiger partial charge >= 0.3 is 0 Å². The van der Waals surface area contributed by atoms with Gasteiger partial charge in [0.2, 0.25) is 10.0 Å². The smallest absolute Gasteiger partial charge is 0.264 e. The van der Waals surface area contributed by atoms with Gasteiger partial charge in [0.1, 0.15) is 10.7 Å². The van der Waals surface area contributed by atoms with Crippen LogP contribution in [0, 0.1) is 12.7 Å². The Kier molecular flexibility index (Phi) is 4.41. The van der Waals surface area contributed by atoms with E-state index in [1.54, 1.807) is 18.2 Å². The Morgan fingerprint density at radius 3 is 2.23 bits per heavy atom. The van der Waals surface area contributed by atoms with Gasteiger partial charge in [-0.25, -0.2) is 21.2 Å². The number of benzene rings is 2. The van der Waals surface area contributed by atoms with E-state index < -0.39 is 30.8 Å². The van der Waals surface area contributed by atoms with Crippen LogP contribution in [-0.2, 0) is 20.0 Å². The highest BCUT2D eigenvalue weighted by Gasteiger charge is 2.20. The number of aromatic nitrogens is 1. The zero-order valence-electron chi connectivity index (χ0n) is 13.9. The van der Waals surface area contributed by atoms with Crippen LogP contribution in [0.3, 0.4) is 0 Å². The van der Waals surface area contributed by atoms with E-state index >= 15 is 0 Å². The molecule has 3 aromatic rings. The van der Waals surface area contributed by atoms with Crippen LogP contribution in [0.2, 0.25) is 0 Å². The summed E-state index contributed by atoms with van der Waals surface area (Å²) < 4.78 is 65.9. The fourth-order valence-corrected chi connectivity index (χ4v) is 4.21. The maximum absolute atomic E-state index is 14.2. The molecule has 26 heavy (non-hydrogen) atoms. The number of hydrogen-bond acceptors (Lipinski definition) is 4. The summed E-state index contributed by atoms with van der Waals surface area (Å²) in [7, 11) is -7.77. The van der Waals surface area contributed by atoms with Crippen LogP contribution in [0.15, 0.2) is 47.4 Å². The molecule has 0 amide bonds. The molecule has 0 aliphatic carbocycles. The highest BCUT2D eigenvalue weighted by molar-refractivity contribution is 7.92. The average Bonchev–Trinajstić information content (AvgIpc) is 2.84. The Labute approximate surface area is 150 Å². The van der Waals surface area contributed by atoms with Gasteiger partial charge in [-0.3, -0.25) is 9.44 Å². The van der Waals surface area contributed by atoms with E-state index in [9.17, 15) is 21.2 Å². The van der Waals surface area contributed by atoms with Gasteiger partial charge in [0, 0.05) is 22.3 Å². The molecule has 10 heteroatoms. The molecular formula is C16H16FN3O4S2. The summed E-state index contributed by atoms with van der Waals surface area (Å²) in [6.45, 7) is 1.88. The third-order valence-corrected chi connectivity index (χ3v) is 5.55. The van der Waals surface area contributed by atoms with E-state index in [4.69, 9.17) is 0 Å². The van der Waals surface area contributed by atoms with E-state index in [1.807, 2.05) is 13.0 Å². The second-order valence-electron chi connectivity index (χ2n) is 5.88. The number of fused-ring (bicyclic) bond motifs is 1. The molecule has 7 nitrogen and oxygen atoms in total. The molecule has 0 atom stereocenters. The lowest BCUT2D eigenvalue weighted by atomic mass is 10.2. The topological polar surface area (TPSA) is 108 Å². The van der Waals surface area contributed by atoms with Crippen LogP contribution >= 0.6 is 0 Å². The van der Waals surface area contributed by atoms with Crippen molar-refractivity contribution in [2.24, 2.45) is 0 Å². The minimum absolute atomic E-state index is 0.0619. The standard InChI is InChI=1S/C16H16FN3O4S2/c1-10-7-11-8-12(3-5-15(11)18-10)20-26(23,24)16-6-4-13(9-14(16)17)19-25(2,21)22/h3-9,18-20H,1-2H3. The number of aromatic amines is 1. The van der Waals surface area contributed by atoms with Gasteiger partial charge in [-0.1, -0.05) is 0 Å². The van der Waals surface area contributed by atoms with Gasteiger partial charge in [0.05, 0.1) is 11.9 Å². The molecule has 0 saturated carbocycles. The van der Waals surface area contributed by atoms with Crippen LogP contribution < -0.4 is 9.44 Å². The molecule has 0 spiro atoms. The highest BCUT2D eigenvalue weighted by Crippen LogP contribution is 2.25. The molecule has 1 aromatic heterocycles. The van der Waals surface area contributed by atoms with Crippen LogP contribution in [-0.4, -0.2) is 28.1 Å². The first-order chi connectivity index (χ1) is 12.0. The first-order valence-corrected chi connectivity index (χ1v) is 10.8. The molecule has 0 fully saturated rings. The fourth-order valence-electron chi connectivity index (χ4n) is 2.55. The normalized spacial score (nSPS) is 12.3. The fraction of sp³-hybridized carbons (Fsp3) is 0.125. The summed E-state index contributed by atoms with van der Waals surface area (Å²) in [5.41, 5.74) is 2.01. The van der Waals surface area contributed by atoms with Crippen molar-refractivity contribution >= 4 is 42.3 Å². The number of H-pyrrole nitrogens is 1. The van der Waals surface area contributed by atoms with Crippen molar-refractivity contribution in [2.45, 2.75) is 11.8 Å². The van der Waals surface area contributed by atoms with Gasteiger partial charge < -0.3 is 4.98 Å². The Morgan fingerprint density at radius 2 is 1.58 bits per heavy atom. The number of nitrogens with one attached hydrogen (secondary N) is 3. The Morgan fingerprint density at radius 1 is 0.923 bits per heavy atom. The summed E-state index contributed by atoms with van der Waals surface area (Å²) >= 11 is 0. The summed E-state index contributed by atoms with van der Waals surface area (Å²) in [6, 6.07) is 9.77. The Hall–Kier alpha value is -2.59. The van der Waals surface area contributed by atoms with E-state index in [0.717, 1.165) is 35.0 Å².